The number of piperazine rings is 1. The van der Waals surface area contributed by atoms with Crippen molar-refractivity contribution in [2.75, 3.05) is 38.0 Å². The van der Waals surface area contributed by atoms with Crippen LogP contribution in [0.2, 0.25) is 5.02 Å². The molecule has 2 saturated heterocycles. The first kappa shape index (κ1) is 30.1. The van der Waals surface area contributed by atoms with E-state index in [4.69, 9.17) is 11.6 Å². The van der Waals surface area contributed by atoms with E-state index in [-0.39, 0.29) is 52.2 Å². The summed E-state index contributed by atoms with van der Waals surface area (Å²) in [6.07, 6.45) is 1.13. The summed E-state index contributed by atoms with van der Waals surface area (Å²) in [5.41, 5.74) is 0.475. The predicted molar refractivity (Wildman–Crippen MR) is 154 cm³/mol. The van der Waals surface area contributed by atoms with Crippen LogP contribution in [-0.4, -0.2) is 86.5 Å². The average molecular weight is 633 g/mol. The second kappa shape index (κ2) is 12.2. The van der Waals surface area contributed by atoms with Gasteiger partial charge in [0.1, 0.15) is 0 Å². The van der Waals surface area contributed by atoms with Crippen LogP contribution in [0.15, 0.2) is 24.4 Å². The molecule has 4 heterocycles. The number of piperidine rings is 1. The second-order valence-corrected chi connectivity index (χ2v) is 11.8. The van der Waals surface area contributed by atoms with Crippen molar-refractivity contribution in [3.63, 3.8) is 0 Å². The zero-order valence-corrected chi connectivity index (χ0v) is 24.5. The van der Waals surface area contributed by atoms with E-state index >= 15 is 0 Å². The van der Waals surface area contributed by atoms with Gasteiger partial charge in [-0.05, 0) is 50.4 Å². The number of rotatable bonds is 7. The maximum Gasteiger partial charge on any atom is 0.435 e. The summed E-state index contributed by atoms with van der Waals surface area (Å²) in [7, 11) is 0. The molecular formula is C29H32ClF3N8O3. The fourth-order valence-corrected chi connectivity index (χ4v) is 6.06. The third-order valence-electron chi connectivity index (χ3n) is 8.31. The number of alkyl halides is 3. The second-order valence-electron chi connectivity index (χ2n) is 11.4. The summed E-state index contributed by atoms with van der Waals surface area (Å²) in [5, 5.41) is 12.1. The molecule has 0 bridgehead atoms. The number of nitrogens with zero attached hydrogens (tertiary/aromatic N) is 4. The number of anilines is 1. The number of benzene rings is 1. The van der Waals surface area contributed by atoms with Gasteiger partial charge in [0, 0.05) is 67.4 Å². The predicted octanol–water partition coefficient (Wildman–Crippen LogP) is 3.95. The van der Waals surface area contributed by atoms with Crippen LogP contribution >= 0.6 is 11.6 Å². The first-order valence-corrected chi connectivity index (χ1v) is 15.1. The van der Waals surface area contributed by atoms with Crippen LogP contribution in [0.3, 0.4) is 0 Å². The lowest BCUT2D eigenvalue weighted by molar-refractivity contribution is -0.141. The standard InChI is InChI=1S/C29H32ClF3N8O3/c30-21-14-17(6-7-19(21)27(43)40-9-11-41(12-10-40)28(44)22-3-1-2-8-34-22)37-26(42)25-35-15-18(36-25)13-20-23(16-4-5-16)38-39-24(20)29(31,32)33/h6-7,14-16,22,34H,1-5,8-13H2,(H,35,36)(H,37,42)(H,38,39)/t22-/m1/s1. The summed E-state index contributed by atoms with van der Waals surface area (Å²) in [6, 6.07) is 4.36. The van der Waals surface area contributed by atoms with Gasteiger partial charge in [0.2, 0.25) is 5.91 Å². The van der Waals surface area contributed by atoms with E-state index in [0.29, 0.717) is 43.3 Å². The molecule has 6 rings (SSSR count). The van der Waals surface area contributed by atoms with Gasteiger partial charge in [0.15, 0.2) is 11.5 Å². The number of amides is 3. The molecule has 0 radical (unpaired) electrons. The first-order chi connectivity index (χ1) is 21.1. The Labute approximate surface area is 255 Å². The molecule has 11 nitrogen and oxygen atoms in total. The van der Waals surface area contributed by atoms with Crippen LogP contribution in [-0.2, 0) is 17.4 Å². The zero-order valence-electron chi connectivity index (χ0n) is 23.8. The lowest BCUT2D eigenvalue weighted by Crippen LogP contribution is -2.55. The number of H-pyrrole nitrogens is 2. The van der Waals surface area contributed by atoms with E-state index in [2.05, 4.69) is 30.8 Å². The quantitative estimate of drug-likeness (QED) is 0.311. The van der Waals surface area contributed by atoms with Crippen LogP contribution < -0.4 is 10.6 Å². The molecule has 3 aromatic rings. The van der Waals surface area contributed by atoms with Gasteiger partial charge in [0.05, 0.1) is 16.6 Å². The molecule has 2 aromatic heterocycles. The fourth-order valence-electron chi connectivity index (χ4n) is 5.80. The molecular weight excluding hydrogens is 601 g/mol. The maximum absolute atomic E-state index is 13.5. The highest BCUT2D eigenvalue weighted by molar-refractivity contribution is 6.34. The van der Waals surface area contributed by atoms with Crippen LogP contribution in [0.4, 0.5) is 18.9 Å². The minimum atomic E-state index is -4.61. The molecule has 234 valence electrons. The van der Waals surface area contributed by atoms with Crippen molar-refractivity contribution in [2.45, 2.75) is 56.7 Å². The highest BCUT2D eigenvalue weighted by atomic mass is 35.5. The van der Waals surface area contributed by atoms with Gasteiger partial charge >= 0.3 is 6.18 Å². The number of imidazole rings is 1. The third-order valence-corrected chi connectivity index (χ3v) is 8.62. The van der Waals surface area contributed by atoms with Crippen molar-refractivity contribution in [1.29, 1.82) is 0 Å². The summed E-state index contributed by atoms with van der Waals surface area (Å²) in [4.78, 5) is 49.1. The molecule has 4 N–H and O–H groups in total. The number of hydrogen-bond donors (Lipinski definition) is 4. The summed E-state index contributed by atoms with van der Waals surface area (Å²) in [5.74, 6) is -0.873. The molecule has 1 saturated carbocycles. The molecule has 0 spiro atoms. The number of nitrogens with one attached hydrogen (secondary N) is 4. The zero-order chi connectivity index (χ0) is 31.0. The van der Waals surface area contributed by atoms with Crippen LogP contribution in [0, 0.1) is 0 Å². The Hall–Kier alpha value is -3.91. The van der Waals surface area contributed by atoms with Crippen molar-refractivity contribution in [3.05, 3.63) is 63.5 Å². The smallest absolute Gasteiger partial charge is 0.338 e. The van der Waals surface area contributed by atoms with Gasteiger partial charge in [-0.3, -0.25) is 19.5 Å². The number of halogens is 4. The minimum absolute atomic E-state index is 0.0245. The van der Waals surface area contributed by atoms with Gasteiger partial charge in [-0.2, -0.15) is 18.3 Å². The number of aromatic nitrogens is 4. The number of carbonyl (C=O) groups excluding carboxylic acids is 3. The molecule has 15 heteroatoms. The van der Waals surface area contributed by atoms with Crippen molar-refractivity contribution >= 4 is 35.0 Å². The highest BCUT2D eigenvalue weighted by Crippen LogP contribution is 2.44. The molecule has 3 amide bonds. The molecule has 2 aliphatic heterocycles. The SMILES string of the molecule is O=C(Nc1ccc(C(=O)N2CCN(C(=O)[C@H]3CCCCN3)CC2)c(Cl)c1)c1ncc(Cc2c(C(F)(F)F)n[nH]c2C2CC2)[nH]1. The molecule has 44 heavy (non-hydrogen) atoms. The van der Waals surface area contributed by atoms with Crippen molar-refractivity contribution in [3.8, 4) is 0 Å². The first-order valence-electron chi connectivity index (χ1n) is 14.7. The molecule has 3 aliphatic rings. The van der Waals surface area contributed by atoms with Crippen LogP contribution in [0.25, 0.3) is 0 Å². The topological polar surface area (TPSA) is 139 Å². The van der Waals surface area contributed by atoms with E-state index in [1.54, 1.807) is 15.9 Å². The molecule has 1 aromatic carbocycles. The third kappa shape index (κ3) is 6.46. The Bertz CT molecular complexity index is 1550. The summed E-state index contributed by atoms with van der Waals surface area (Å²) < 4.78 is 40.6. The van der Waals surface area contributed by atoms with E-state index in [0.717, 1.165) is 38.6 Å². The Morgan fingerprint density at radius 3 is 2.45 bits per heavy atom. The lowest BCUT2D eigenvalue weighted by atomic mass is 10.0. The Balaban J connectivity index is 1.06. The largest absolute Gasteiger partial charge is 0.435 e. The number of aromatic amines is 2. The summed E-state index contributed by atoms with van der Waals surface area (Å²) in [6.45, 7) is 2.50. The van der Waals surface area contributed by atoms with Crippen LogP contribution in [0.1, 0.15) is 81.6 Å². The highest BCUT2D eigenvalue weighted by Gasteiger charge is 2.40. The molecule has 1 atom stereocenters. The Morgan fingerprint density at radius 2 is 1.80 bits per heavy atom. The van der Waals surface area contributed by atoms with Gasteiger partial charge < -0.3 is 25.4 Å². The molecule has 0 unspecified atom stereocenters. The van der Waals surface area contributed by atoms with E-state index in [9.17, 15) is 27.6 Å². The van der Waals surface area contributed by atoms with E-state index in [1.165, 1.54) is 18.3 Å². The molecule has 1 aliphatic carbocycles. The normalized spacial score (nSPS) is 19.2. The van der Waals surface area contributed by atoms with Crippen molar-refractivity contribution in [2.24, 2.45) is 0 Å². The minimum Gasteiger partial charge on any atom is -0.338 e. The maximum atomic E-state index is 13.5. The lowest BCUT2D eigenvalue weighted by Gasteiger charge is -2.37. The van der Waals surface area contributed by atoms with Gasteiger partial charge in [-0.1, -0.05) is 18.0 Å². The van der Waals surface area contributed by atoms with Gasteiger partial charge in [-0.25, -0.2) is 4.98 Å². The molecule has 3 fully saturated rings. The Morgan fingerprint density at radius 1 is 1.05 bits per heavy atom. The average Bonchev–Trinajstić information content (AvgIpc) is 3.58. The van der Waals surface area contributed by atoms with E-state index < -0.39 is 17.8 Å². The van der Waals surface area contributed by atoms with Crippen LogP contribution in [0.5, 0.6) is 0 Å². The van der Waals surface area contributed by atoms with E-state index in [1.807, 2.05) is 0 Å². The van der Waals surface area contributed by atoms with Crippen molar-refractivity contribution < 1.29 is 27.6 Å². The fraction of sp³-hybridized carbons (Fsp3) is 0.483. The summed E-state index contributed by atoms with van der Waals surface area (Å²) >= 11 is 6.44. The number of carbonyl (C=O) groups is 3. The van der Waals surface area contributed by atoms with Gasteiger partial charge in [-0.15, -0.1) is 0 Å². The monoisotopic (exact) mass is 632 g/mol. The number of hydrogen-bond acceptors (Lipinski definition) is 6. The van der Waals surface area contributed by atoms with Gasteiger partial charge in [0.25, 0.3) is 11.8 Å². The van der Waals surface area contributed by atoms with Crippen molar-refractivity contribution in [1.82, 2.24) is 35.3 Å². The Kier molecular flexibility index (Phi) is 8.38.